The minimum Gasteiger partial charge on any atom is -0.465 e. The van der Waals surface area contributed by atoms with Crippen molar-refractivity contribution in [2.45, 2.75) is 30.8 Å². The number of nitrogens with zero attached hydrogens (tertiary/aromatic N) is 3. The number of urea groups is 1. The number of carbonyl (C=O) groups excluding carboxylic acids is 1. The molecule has 2 saturated heterocycles. The zero-order chi connectivity index (χ0) is 14.1. The summed E-state index contributed by atoms with van der Waals surface area (Å²) in [5.41, 5.74) is 0.534. The zero-order valence-electron chi connectivity index (χ0n) is 11.2. The highest BCUT2D eigenvalue weighted by molar-refractivity contribution is 9.09. The Kier molecular flexibility index (Phi) is 2.43. The van der Waals surface area contributed by atoms with Crippen molar-refractivity contribution in [2.75, 3.05) is 31.5 Å². The number of amides is 3. The van der Waals surface area contributed by atoms with Gasteiger partial charge in [-0.15, -0.1) is 0 Å². The van der Waals surface area contributed by atoms with Crippen molar-refractivity contribution in [3.8, 4) is 0 Å². The van der Waals surface area contributed by atoms with Crippen LogP contribution in [0.4, 0.5) is 9.59 Å². The lowest BCUT2D eigenvalue weighted by Crippen LogP contribution is -2.75. The van der Waals surface area contributed by atoms with Gasteiger partial charge in [-0.3, -0.25) is 0 Å². The molecule has 2 aliphatic heterocycles. The summed E-state index contributed by atoms with van der Waals surface area (Å²) in [4.78, 5) is 29.0. The molecule has 3 saturated carbocycles. The number of hydrogen-bond donors (Lipinski definition) is 1. The Bertz CT molecular complexity index is 477. The number of carboxylic acid groups (broad SMARTS) is 1. The van der Waals surface area contributed by atoms with Gasteiger partial charge < -0.3 is 19.8 Å². The van der Waals surface area contributed by atoms with Crippen LogP contribution in [0.2, 0.25) is 0 Å². The minimum absolute atomic E-state index is 0.0429. The van der Waals surface area contributed by atoms with Crippen LogP contribution in [0.5, 0.6) is 0 Å². The van der Waals surface area contributed by atoms with E-state index in [0.29, 0.717) is 31.6 Å². The highest BCUT2D eigenvalue weighted by atomic mass is 79.9. The lowest BCUT2D eigenvalue weighted by atomic mass is 9.39. The average Bonchev–Trinajstić information content (AvgIpc) is 2.64. The molecule has 0 aromatic rings. The molecule has 5 fully saturated rings. The van der Waals surface area contributed by atoms with Gasteiger partial charge in [0.25, 0.3) is 0 Å². The molecule has 1 atom stereocenters. The van der Waals surface area contributed by atoms with Crippen molar-refractivity contribution >= 4 is 28.1 Å². The number of alkyl halides is 1. The molecule has 1 unspecified atom stereocenters. The van der Waals surface area contributed by atoms with Crippen molar-refractivity contribution in [2.24, 2.45) is 5.41 Å². The molecule has 0 spiro atoms. The van der Waals surface area contributed by atoms with E-state index in [2.05, 4.69) is 15.9 Å². The Hall–Kier alpha value is -0.980. The third-order valence-corrected chi connectivity index (χ3v) is 6.78. The van der Waals surface area contributed by atoms with Crippen molar-refractivity contribution in [3.63, 3.8) is 0 Å². The smallest absolute Gasteiger partial charge is 0.407 e. The minimum atomic E-state index is -0.876. The Morgan fingerprint density at radius 3 is 2.60 bits per heavy atom. The Labute approximate surface area is 125 Å². The molecular formula is C13H18BrN3O3. The quantitative estimate of drug-likeness (QED) is 0.771. The van der Waals surface area contributed by atoms with Crippen LogP contribution < -0.4 is 0 Å². The molecule has 0 aromatic heterocycles. The van der Waals surface area contributed by atoms with E-state index >= 15 is 0 Å². The summed E-state index contributed by atoms with van der Waals surface area (Å²) in [5.74, 6) is 0. The number of fused-ring (bicyclic) bond motifs is 1. The highest BCUT2D eigenvalue weighted by Gasteiger charge is 2.71. The third-order valence-electron chi connectivity index (χ3n) is 5.59. The molecular weight excluding hydrogens is 326 g/mol. The van der Waals surface area contributed by atoms with E-state index in [-0.39, 0.29) is 17.6 Å². The Morgan fingerprint density at radius 2 is 2.00 bits per heavy atom. The monoisotopic (exact) mass is 343 g/mol. The standard InChI is InChI=1S/C13H18BrN3O3/c14-8-12-5-13(6-12,7-12)17-4-9-3-15(11(19)20)1-2-16(9)10(17)18/h9H,1-8H2,(H,19,20). The second-order valence-corrected chi connectivity index (χ2v) is 7.42. The van der Waals surface area contributed by atoms with Gasteiger partial charge in [-0.05, 0) is 24.7 Å². The fourth-order valence-electron chi connectivity index (χ4n) is 4.64. The molecule has 2 heterocycles. The van der Waals surface area contributed by atoms with Crippen LogP contribution in [0.15, 0.2) is 0 Å². The van der Waals surface area contributed by atoms with Gasteiger partial charge in [0.1, 0.15) is 0 Å². The third kappa shape index (κ3) is 1.44. The summed E-state index contributed by atoms with van der Waals surface area (Å²) < 4.78 is 0. The fraction of sp³-hybridized carbons (Fsp3) is 0.846. The fourth-order valence-corrected chi connectivity index (χ4v) is 5.24. The Balaban J connectivity index is 1.47. The first-order chi connectivity index (χ1) is 9.49. The highest BCUT2D eigenvalue weighted by Crippen LogP contribution is 2.70. The molecule has 3 amide bonds. The maximum Gasteiger partial charge on any atom is 0.407 e. The van der Waals surface area contributed by atoms with Gasteiger partial charge in [0, 0.05) is 37.0 Å². The zero-order valence-corrected chi connectivity index (χ0v) is 12.8. The maximum atomic E-state index is 12.5. The predicted molar refractivity (Wildman–Crippen MR) is 75.0 cm³/mol. The van der Waals surface area contributed by atoms with Crippen LogP contribution in [0.1, 0.15) is 19.3 Å². The number of hydrogen-bond acceptors (Lipinski definition) is 2. The first kappa shape index (κ1) is 12.7. The van der Waals surface area contributed by atoms with Crippen LogP contribution in [-0.2, 0) is 0 Å². The van der Waals surface area contributed by atoms with Crippen LogP contribution in [0.3, 0.4) is 0 Å². The van der Waals surface area contributed by atoms with E-state index in [0.717, 1.165) is 24.6 Å². The lowest BCUT2D eigenvalue weighted by Gasteiger charge is -2.73. The number of piperazine rings is 1. The normalized spacial score (nSPS) is 42.1. The molecule has 5 rings (SSSR count). The maximum absolute atomic E-state index is 12.5. The van der Waals surface area contributed by atoms with E-state index in [4.69, 9.17) is 5.11 Å². The van der Waals surface area contributed by atoms with E-state index < -0.39 is 6.09 Å². The van der Waals surface area contributed by atoms with Crippen molar-refractivity contribution < 1.29 is 14.7 Å². The van der Waals surface area contributed by atoms with E-state index in [1.807, 2.05) is 9.80 Å². The molecule has 0 aromatic carbocycles. The van der Waals surface area contributed by atoms with E-state index in [1.165, 1.54) is 4.90 Å². The van der Waals surface area contributed by atoms with E-state index in [1.54, 1.807) is 0 Å². The molecule has 0 radical (unpaired) electrons. The van der Waals surface area contributed by atoms with Gasteiger partial charge in [0.2, 0.25) is 0 Å². The van der Waals surface area contributed by atoms with Gasteiger partial charge in [0.05, 0.1) is 6.04 Å². The van der Waals surface area contributed by atoms with Crippen LogP contribution >= 0.6 is 15.9 Å². The number of carbonyl (C=O) groups is 2. The summed E-state index contributed by atoms with van der Waals surface area (Å²) in [6.45, 7) is 2.12. The van der Waals surface area contributed by atoms with Crippen LogP contribution in [-0.4, -0.2) is 75.0 Å². The SMILES string of the molecule is O=C(O)N1CCN2C(=O)N(C34CC(CBr)(C3)C4)CC2C1. The van der Waals surface area contributed by atoms with Gasteiger partial charge >= 0.3 is 12.1 Å². The summed E-state index contributed by atoms with van der Waals surface area (Å²) in [6, 6.07) is 0.171. The van der Waals surface area contributed by atoms with Crippen LogP contribution in [0.25, 0.3) is 0 Å². The second-order valence-electron chi connectivity index (χ2n) is 6.86. The summed E-state index contributed by atoms with van der Waals surface area (Å²) in [7, 11) is 0. The first-order valence-corrected chi connectivity index (χ1v) is 8.23. The number of halogens is 1. The largest absolute Gasteiger partial charge is 0.465 e. The van der Waals surface area contributed by atoms with Crippen LogP contribution in [0, 0.1) is 5.41 Å². The van der Waals surface area contributed by atoms with Gasteiger partial charge in [0.15, 0.2) is 0 Å². The average molecular weight is 344 g/mol. The predicted octanol–water partition coefficient (Wildman–Crippen LogP) is 1.40. The molecule has 5 aliphatic rings. The summed E-state index contributed by atoms with van der Waals surface area (Å²) in [5, 5.41) is 10.1. The molecule has 7 heteroatoms. The molecule has 20 heavy (non-hydrogen) atoms. The molecule has 110 valence electrons. The van der Waals surface area contributed by atoms with E-state index in [9.17, 15) is 9.59 Å². The van der Waals surface area contributed by atoms with Gasteiger partial charge in [-0.1, -0.05) is 15.9 Å². The topological polar surface area (TPSA) is 64.1 Å². The first-order valence-electron chi connectivity index (χ1n) is 7.11. The number of rotatable bonds is 2. The second kappa shape index (κ2) is 3.81. The van der Waals surface area contributed by atoms with Gasteiger partial charge in [-0.2, -0.15) is 0 Å². The van der Waals surface area contributed by atoms with Crippen molar-refractivity contribution in [3.05, 3.63) is 0 Å². The van der Waals surface area contributed by atoms with Gasteiger partial charge in [-0.25, -0.2) is 9.59 Å². The summed E-state index contributed by atoms with van der Waals surface area (Å²) >= 11 is 3.57. The van der Waals surface area contributed by atoms with Crippen molar-refractivity contribution in [1.29, 1.82) is 0 Å². The molecule has 3 aliphatic carbocycles. The van der Waals surface area contributed by atoms with Crippen molar-refractivity contribution in [1.82, 2.24) is 14.7 Å². The summed E-state index contributed by atoms with van der Waals surface area (Å²) in [6.07, 6.45) is 2.46. The Morgan fingerprint density at radius 1 is 1.30 bits per heavy atom. The molecule has 1 N–H and O–H groups in total. The molecule has 2 bridgehead atoms. The molecule has 6 nitrogen and oxygen atoms in total. The lowest BCUT2D eigenvalue weighted by molar-refractivity contribution is -0.184.